The lowest BCUT2D eigenvalue weighted by Crippen LogP contribution is -2.48. The fourth-order valence-corrected chi connectivity index (χ4v) is 3.96. The first-order valence-electron chi connectivity index (χ1n) is 7.73. The van der Waals surface area contributed by atoms with E-state index in [1.807, 2.05) is 19.1 Å². The highest BCUT2D eigenvalue weighted by atomic mass is 79.9. The second-order valence-electron chi connectivity index (χ2n) is 6.53. The monoisotopic (exact) mass is 403 g/mol. The number of amides is 1. The molecule has 1 heterocycles. The lowest BCUT2D eigenvalue weighted by Gasteiger charge is -2.37. The number of nitrogens with one attached hydrogen (secondary N) is 1. The quantitative estimate of drug-likeness (QED) is 0.716. The van der Waals surface area contributed by atoms with Gasteiger partial charge in [0.05, 0.1) is 17.0 Å². The predicted molar refractivity (Wildman–Crippen MR) is 87.3 cm³/mol. The van der Waals surface area contributed by atoms with E-state index in [-0.39, 0.29) is 37.0 Å². The number of carbonyl (C=O) groups excluding carboxylic acids is 1. The Hall–Kier alpha value is -1.50. The minimum atomic E-state index is -4.23. The van der Waals surface area contributed by atoms with Crippen LogP contribution >= 0.6 is 15.9 Å². The number of rotatable bonds is 1. The van der Waals surface area contributed by atoms with Gasteiger partial charge < -0.3 is 10.4 Å². The van der Waals surface area contributed by atoms with Crippen molar-refractivity contribution in [2.24, 2.45) is 5.92 Å². The van der Waals surface area contributed by atoms with Gasteiger partial charge in [-0.3, -0.25) is 4.79 Å². The van der Waals surface area contributed by atoms with Crippen LogP contribution in [0.3, 0.4) is 0 Å². The van der Waals surface area contributed by atoms with Crippen LogP contribution in [0.15, 0.2) is 28.4 Å². The average Bonchev–Trinajstić information content (AvgIpc) is 2.72. The number of alkyl halides is 3. The number of aliphatic hydroxyl groups is 1. The zero-order valence-corrected chi connectivity index (χ0v) is 14.6. The largest absolute Gasteiger partial charge is 0.509 e. The van der Waals surface area contributed by atoms with Gasteiger partial charge in [-0.1, -0.05) is 22.0 Å². The van der Waals surface area contributed by atoms with Crippen molar-refractivity contribution < 1.29 is 23.1 Å². The molecule has 3 rings (SSSR count). The molecule has 24 heavy (non-hydrogen) atoms. The zero-order chi connectivity index (χ0) is 17.7. The van der Waals surface area contributed by atoms with E-state index in [1.165, 1.54) is 0 Å². The van der Waals surface area contributed by atoms with Crippen LogP contribution in [0.1, 0.15) is 36.8 Å². The molecule has 0 atom stereocenters. The Morgan fingerprint density at radius 1 is 1.29 bits per heavy atom. The Labute approximate surface area is 146 Å². The lowest BCUT2D eigenvalue weighted by molar-refractivity contribution is -0.184. The van der Waals surface area contributed by atoms with E-state index in [2.05, 4.69) is 21.2 Å². The first kappa shape index (κ1) is 17.3. The molecule has 3 nitrogen and oxygen atoms in total. The predicted octanol–water partition coefficient (Wildman–Crippen LogP) is 4.65. The van der Waals surface area contributed by atoms with E-state index in [0.717, 1.165) is 10.0 Å². The van der Waals surface area contributed by atoms with E-state index in [4.69, 9.17) is 0 Å². The van der Waals surface area contributed by atoms with E-state index < -0.39 is 23.5 Å². The maximum Gasteiger partial charge on any atom is 0.391 e. The molecule has 0 aromatic heterocycles. The minimum Gasteiger partial charge on any atom is -0.509 e. The third-order valence-electron chi connectivity index (χ3n) is 5.04. The van der Waals surface area contributed by atoms with Crippen molar-refractivity contribution in [3.05, 3.63) is 39.6 Å². The average molecular weight is 404 g/mol. The van der Waals surface area contributed by atoms with Crippen molar-refractivity contribution in [1.82, 2.24) is 5.32 Å². The number of carbonyl (C=O) groups is 1. The molecule has 1 aromatic rings. The smallest absolute Gasteiger partial charge is 0.391 e. The summed E-state index contributed by atoms with van der Waals surface area (Å²) in [5.41, 5.74) is 0.507. The van der Waals surface area contributed by atoms with Crippen LogP contribution in [0.2, 0.25) is 0 Å². The summed E-state index contributed by atoms with van der Waals surface area (Å²) in [6.45, 7) is 1.82. The maximum absolute atomic E-state index is 12.9. The highest BCUT2D eigenvalue weighted by molar-refractivity contribution is 9.10. The van der Waals surface area contributed by atoms with Gasteiger partial charge in [0.25, 0.3) is 5.91 Å². The van der Waals surface area contributed by atoms with Crippen LogP contribution in [-0.4, -0.2) is 22.7 Å². The Bertz CT molecular complexity index is 719. The van der Waals surface area contributed by atoms with Gasteiger partial charge in [-0.15, -0.1) is 0 Å². The third kappa shape index (κ3) is 2.83. The van der Waals surface area contributed by atoms with E-state index in [0.29, 0.717) is 5.56 Å². The molecule has 0 bridgehead atoms. The van der Waals surface area contributed by atoms with Gasteiger partial charge in [-0.2, -0.15) is 13.2 Å². The first-order valence-corrected chi connectivity index (χ1v) is 8.53. The zero-order valence-electron chi connectivity index (χ0n) is 13.0. The van der Waals surface area contributed by atoms with Crippen molar-refractivity contribution in [3.8, 4) is 0 Å². The summed E-state index contributed by atoms with van der Waals surface area (Å²) in [6, 6.07) is 5.38. The summed E-state index contributed by atoms with van der Waals surface area (Å²) < 4.78 is 39.3. The highest BCUT2D eigenvalue weighted by Gasteiger charge is 2.52. The molecular weight excluding hydrogens is 387 g/mol. The van der Waals surface area contributed by atoms with Crippen molar-refractivity contribution >= 4 is 27.4 Å². The van der Waals surface area contributed by atoms with Crippen molar-refractivity contribution in [2.75, 3.05) is 0 Å². The third-order valence-corrected chi connectivity index (χ3v) is 5.53. The van der Waals surface area contributed by atoms with Crippen LogP contribution < -0.4 is 5.32 Å². The molecule has 7 heteroatoms. The number of benzene rings is 1. The second kappa shape index (κ2) is 5.79. The number of hydrogen-bond acceptors (Lipinski definition) is 2. The normalized spacial score (nSPS) is 27.7. The van der Waals surface area contributed by atoms with Gasteiger partial charge in [0.2, 0.25) is 0 Å². The van der Waals surface area contributed by atoms with Gasteiger partial charge in [0.1, 0.15) is 5.76 Å². The lowest BCUT2D eigenvalue weighted by atomic mass is 9.75. The molecule has 2 aliphatic rings. The van der Waals surface area contributed by atoms with Crippen LogP contribution in [-0.2, 0) is 4.79 Å². The van der Waals surface area contributed by atoms with Gasteiger partial charge in [0, 0.05) is 4.47 Å². The number of aryl methyl sites for hydroxylation is 1. The summed E-state index contributed by atoms with van der Waals surface area (Å²) in [6.07, 6.45) is -4.25. The summed E-state index contributed by atoms with van der Waals surface area (Å²) in [7, 11) is 0. The first-order chi connectivity index (χ1) is 11.1. The second-order valence-corrected chi connectivity index (χ2v) is 7.45. The number of hydrogen-bond donors (Lipinski definition) is 2. The summed E-state index contributed by atoms with van der Waals surface area (Å²) in [5, 5.41) is 13.4. The van der Waals surface area contributed by atoms with E-state index >= 15 is 0 Å². The molecule has 1 spiro atoms. The summed E-state index contributed by atoms with van der Waals surface area (Å²) in [5.74, 6) is -1.93. The number of halogens is 4. The summed E-state index contributed by atoms with van der Waals surface area (Å²) >= 11 is 3.34. The molecule has 0 saturated heterocycles. The Morgan fingerprint density at radius 3 is 2.50 bits per heavy atom. The van der Waals surface area contributed by atoms with Gasteiger partial charge >= 0.3 is 6.18 Å². The number of aliphatic hydroxyl groups excluding tert-OH is 1. The fraction of sp³-hybridized carbons (Fsp3) is 0.471. The van der Waals surface area contributed by atoms with Crippen molar-refractivity contribution in [2.45, 2.75) is 44.3 Å². The Morgan fingerprint density at radius 2 is 1.92 bits per heavy atom. The SMILES string of the molecule is Cc1ccc(Br)cc1C1=C(O)[C@]2(CC[C@@H](C(F)(F)F)CC2)NC1=O. The topological polar surface area (TPSA) is 49.3 Å². The van der Waals surface area contributed by atoms with Crippen LogP contribution in [0.4, 0.5) is 13.2 Å². The molecular formula is C17H17BrF3NO2. The van der Waals surface area contributed by atoms with E-state index in [9.17, 15) is 23.1 Å². The Kier molecular flexibility index (Phi) is 4.18. The molecule has 130 valence electrons. The Balaban J connectivity index is 1.95. The molecule has 2 N–H and O–H groups in total. The molecule has 0 radical (unpaired) electrons. The molecule has 1 aromatic carbocycles. The fourth-order valence-electron chi connectivity index (χ4n) is 3.60. The van der Waals surface area contributed by atoms with E-state index in [1.54, 1.807) is 6.07 Å². The van der Waals surface area contributed by atoms with Gasteiger partial charge in [-0.05, 0) is 55.9 Å². The summed E-state index contributed by atoms with van der Waals surface area (Å²) in [4.78, 5) is 12.4. The molecule has 1 saturated carbocycles. The van der Waals surface area contributed by atoms with Crippen LogP contribution in [0, 0.1) is 12.8 Å². The van der Waals surface area contributed by atoms with Gasteiger partial charge in [0.15, 0.2) is 0 Å². The van der Waals surface area contributed by atoms with Crippen LogP contribution in [0.5, 0.6) is 0 Å². The van der Waals surface area contributed by atoms with Crippen molar-refractivity contribution in [1.29, 1.82) is 0 Å². The molecule has 0 unspecified atom stereocenters. The molecule has 1 fully saturated rings. The van der Waals surface area contributed by atoms with Crippen molar-refractivity contribution in [3.63, 3.8) is 0 Å². The van der Waals surface area contributed by atoms with Crippen LogP contribution in [0.25, 0.3) is 5.57 Å². The molecule has 1 aliphatic heterocycles. The molecule has 1 aliphatic carbocycles. The molecule has 1 amide bonds. The maximum atomic E-state index is 12.9. The standard InChI is InChI=1S/C17H17BrF3NO2/c1-9-2-3-11(18)8-12(9)13-14(23)16(22-15(13)24)6-4-10(5-7-16)17(19,20)21/h2-3,8,10,23H,4-7H2,1H3,(H,22,24)/t10-,16-. The van der Waals surface area contributed by atoms with Gasteiger partial charge in [-0.25, -0.2) is 0 Å². The minimum absolute atomic E-state index is 0.0886. The highest BCUT2D eigenvalue weighted by Crippen LogP contribution is 2.47.